The Kier molecular flexibility index (Phi) is 3.15. The van der Waals surface area contributed by atoms with Crippen LogP contribution in [0.5, 0.6) is 5.75 Å². The third kappa shape index (κ3) is 1.99. The van der Waals surface area contributed by atoms with E-state index < -0.39 is 5.82 Å². The van der Waals surface area contributed by atoms with E-state index in [1.807, 2.05) is 13.8 Å². The first kappa shape index (κ1) is 12.3. The van der Waals surface area contributed by atoms with Crippen molar-refractivity contribution in [2.24, 2.45) is 0 Å². The van der Waals surface area contributed by atoms with Crippen LogP contribution in [-0.2, 0) is 0 Å². The molecule has 0 fully saturated rings. The van der Waals surface area contributed by atoms with Gasteiger partial charge in [-0.3, -0.25) is 4.79 Å². The number of hydrogen-bond acceptors (Lipinski definition) is 2. The molecule has 0 aliphatic heterocycles. The lowest BCUT2D eigenvalue weighted by Gasteiger charge is -2.11. The lowest BCUT2D eigenvalue weighted by Crippen LogP contribution is -1.94. The smallest absolute Gasteiger partial charge is 0.165 e. The molecule has 2 rings (SSSR count). The van der Waals surface area contributed by atoms with Crippen molar-refractivity contribution >= 4 is 6.29 Å². The van der Waals surface area contributed by atoms with Crippen LogP contribution in [0.15, 0.2) is 30.3 Å². The van der Waals surface area contributed by atoms with Crippen molar-refractivity contribution in [1.82, 2.24) is 0 Å². The highest BCUT2D eigenvalue weighted by atomic mass is 19.1. The van der Waals surface area contributed by atoms with Gasteiger partial charge in [-0.05, 0) is 48.2 Å². The molecule has 0 saturated heterocycles. The molecule has 3 heteroatoms. The molecule has 0 unspecified atom stereocenters. The Morgan fingerprint density at radius 2 is 1.83 bits per heavy atom. The van der Waals surface area contributed by atoms with Gasteiger partial charge < -0.3 is 5.11 Å². The number of carbonyl (C=O) groups excluding carboxylic acids is 1. The highest BCUT2D eigenvalue weighted by Gasteiger charge is 2.09. The van der Waals surface area contributed by atoms with Gasteiger partial charge in [-0.2, -0.15) is 0 Å². The topological polar surface area (TPSA) is 37.3 Å². The molecule has 0 spiro atoms. The van der Waals surface area contributed by atoms with Crippen LogP contribution in [0.3, 0.4) is 0 Å². The van der Waals surface area contributed by atoms with Crippen LogP contribution in [0.25, 0.3) is 11.1 Å². The van der Waals surface area contributed by atoms with Crippen LogP contribution in [0.4, 0.5) is 4.39 Å². The Morgan fingerprint density at radius 1 is 1.11 bits per heavy atom. The van der Waals surface area contributed by atoms with Gasteiger partial charge in [0.05, 0.1) is 0 Å². The van der Waals surface area contributed by atoms with Gasteiger partial charge in [-0.15, -0.1) is 0 Å². The zero-order valence-corrected chi connectivity index (χ0v) is 10.2. The van der Waals surface area contributed by atoms with Gasteiger partial charge >= 0.3 is 0 Å². The summed E-state index contributed by atoms with van der Waals surface area (Å²) in [5.74, 6) is -1.01. The van der Waals surface area contributed by atoms with Crippen molar-refractivity contribution in [1.29, 1.82) is 0 Å². The summed E-state index contributed by atoms with van der Waals surface area (Å²) in [7, 11) is 0. The second-order valence-corrected chi connectivity index (χ2v) is 4.24. The molecular weight excluding hydrogens is 231 g/mol. The fraction of sp³-hybridized carbons (Fsp3) is 0.133. The summed E-state index contributed by atoms with van der Waals surface area (Å²) in [6.45, 7) is 3.75. The summed E-state index contributed by atoms with van der Waals surface area (Å²) in [6, 6.07) is 7.78. The van der Waals surface area contributed by atoms with Crippen LogP contribution in [-0.4, -0.2) is 11.4 Å². The summed E-state index contributed by atoms with van der Waals surface area (Å²) in [4.78, 5) is 10.8. The van der Waals surface area contributed by atoms with E-state index in [9.17, 15) is 14.3 Å². The van der Waals surface area contributed by atoms with E-state index in [0.717, 1.165) is 23.0 Å². The highest BCUT2D eigenvalue weighted by molar-refractivity contribution is 5.81. The van der Waals surface area contributed by atoms with E-state index in [0.29, 0.717) is 11.1 Å². The first-order chi connectivity index (χ1) is 8.54. The van der Waals surface area contributed by atoms with Gasteiger partial charge in [0.2, 0.25) is 0 Å². The Morgan fingerprint density at radius 3 is 2.44 bits per heavy atom. The summed E-state index contributed by atoms with van der Waals surface area (Å²) in [5.41, 5.74) is 4.00. The highest BCUT2D eigenvalue weighted by Crippen LogP contribution is 2.29. The maximum atomic E-state index is 13.3. The van der Waals surface area contributed by atoms with Gasteiger partial charge in [0.15, 0.2) is 11.6 Å². The fourth-order valence-corrected chi connectivity index (χ4v) is 1.96. The molecule has 0 radical (unpaired) electrons. The number of aromatic hydroxyl groups is 1. The molecule has 92 valence electrons. The Bertz CT molecular complexity index is 618. The number of halogens is 1. The monoisotopic (exact) mass is 244 g/mol. The number of hydrogen-bond donors (Lipinski definition) is 1. The van der Waals surface area contributed by atoms with E-state index in [1.165, 1.54) is 12.1 Å². The Balaban J connectivity index is 2.61. The van der Waals surface area contributed by atoms with Crippen LogP contribution >= 0.6 is 0 Å². The Labute approximate surface area is 105 Å². The van der Waals surface area contributed by atoms with Crippen LogP contribution in [0, 0.1) is 19.7 Å². The number of benzene rings is 2. The minimum absolute atomic E-state index is 0.363. The first-order valence-electron chi connectivity index (χ1n) is 5.59. The minimum atomic E-state index is -0.649. The van der Waals surface area contributed by atoms with Crippen LogP contribution in [0.2, 0.25) is 0 Å². The second kappa shape index (κ2) is 4.61. The molecule has 2 aromatic carbocycles. The van der Waals surface area contributed by atoms with Crippen molar-refractivity contribution in [2.75, 3.05) is 0 Å². The number of phenolic OH excluding ortho intramolecular Hbond substituents is 1. The Hall–Kier alpha value is -2.16. The van der Waals surface area contributed by atoms with Gasteiger partial charge in [-0.25, -0.2) is 4.39 Å². The molecule has 2 aromatic rings. The maximum Gasteiger partial charge on any atom is 0.165 e. The van der Waals surface area contributed by atoms with E-state index in [1.54, 1.807) is 18.2 Å². The molecule has 2 nitrogen and oxygen atoms in total. The molecule has 0 amide bonds. The molecule has 0 atom stereocenters. The molecule has 0 aliphatic carbocycles. The van der Waals surface area contributed by atoms with Crippen molar-refractivity contribution < 1.29 is 14.3 Å². The third-order valence-corrected chi connectivity index (χ3v) is 3.21. The van der Waals surface area contributed by atoms with E-state index >= 15 is 0 Å². The summed E-state index contributed by atoms with van der Waals surface area (Å²) >= 11 is 0. The number of rotatable bonds is 2. The number of aldehydes is 1. The molecule has 1 N–H and O–H groups in total. The average molecular weight is 244 g/mol. The lowest BCUT2D eigenvalue weighted by molar-refractivity contribution is 0.112. The molecule has 0 aliphatic rings. The molecule has 0 bridgehead atoms. The normalized spacial score (nSPS) is 10.4. The van der Waals surface area contributed by atoms with E-state index in [4.69, 9.17) is 0 Å². The van der Waals surface area contributed by atoms with Crippen molar-refractivity contribution in [3.63, 3.8) is 0 Å². The predicted molar refractivity (Wildman–Crippen MR) is 68.4 cm³/mol. The van der Waals surface area contributed by atoms with Crippen molar-refractivity contribution in [3.8, 4) is 16.9 Å². The quantitative estimate of drug-likeness (QED) is 0.819. The van der Waals surface area contributed by atoms with Gasteiger partial charge in [0.25, 0.3) is 0 Å². The van der Waals surface area contributed by atoms with Gasteiger partial charge in [-0.1, -0.05) is 18.2 Å². The minimum Gasteiger partial charge on any atom is -0.505 e. The molecular formula is C15H13FO2. The first-order valence-corrected chi connectivity index (χ1v) is 5.59. The standard InChI is InChI=1S/C15H13FO2/c1-9-10(2)13(5-3-12(9)8-17)11-4-6-15(18)14(16)7-11/h3-8,18H,1-2H3. The third-order valence-electron chi connectivity index (χ3n) is 3.21. The molecule has 0 heterocycles. The van der Waals surface area contributed by atoms with Gasteiger partial charge in [0, 0.05) is 5.56 Å². The fourth-order valence-electron chi connectivity index (χ4n) is 1.96. The summed E-state index contributed by atoms with van der Waals surface area (Å²) in [5, 5.41) is 9.18. The molecule has 0 saturated carbocycles. The predicted octanol–water partition coefficient (Wildman–Crippen LogP) is 3.63. The van der Waals surface area contributed by atoms with E-state index in [-0.39, 0.29) is 5.75 Å². The van der Waals surface area contributed by atoms with Gasteiger partial charge in [0.1, 0.15) is 6.29 Å². The summed E-state index contributed by atoms with van der Waals surface area (Å²) in [6.07, 6.45) is 0.809. The number of carbonyl (C=O) groups is 1. The summed E-state index contributed by atoms with van der Waals surface area (Å²) < 4.78 is 13.3. The molecule has 0 aromatic heterocycles. The SMILES string of the molecule is Cc1c(C=O)ccc(-c2ccc(O)c(F)c2)c1C. The zero-order valence-electron chi connectivity index (χ0n) is 10.2. The zero-order chi connectivity index (χ0) is 13.3. The van der Waals surface area contributed by atoms with Crippen LogP contribution < -0.4 is 0 Å². The van der Waals surface area contributed by atoms with Crippen LogP contribution in [0.1, 0.15) is 21.5 Å². The molecule has 18 heavy (non-hydrogen) atoms. The largest absolute Gasteiger partial charge is 0.505 e. The van der Waals surface area contributed by atoms with Crippen molar-refractivity contribution in [3.05, 3.63) is 52.8 Å². The van der Waals surface area contributed by atoms with Crippen molar-refractivity contribution in [2.45, 2.75) is 13.8 Å². The average Bonchev–Trinajstić information content (AvgIpc) is 2.36. The lowest BCUT2D eigenvalue weighted by atomic mass is 9.94. The second-order valence-electron chi connectivity index (χ2n) is 4.24. The van der Waals surface area contributed by atoms with E-state index in [2.05, 4.69) is 0 Å². The number of phenols is 1. The maximum absolute atomic E-state index is 13.3.